The molecule has 2 aliphatic rings. The van der Waals surface area contributed by atoms with Gasteiger partial charge in [-0.15, -0.1) is 0 Å². The van der Waals surface area contributed by atoms with Gasteiger partial charge in [-0.2, -0.15) is 0 Å². The molecule has 1 atom stereocenters. The zero-order valence-corrected chi connectivity index (χ0v) is 27.8. The molecule has 2 aliphatic carbocycles. The van der Waals surface area contributed by atoms with Crippen LogP contribution in [-0.2, 0) is 6.42 Å². The summed E-state index contributed by atoms with van der Waals surface area (Å²) in [5, 5.41) is 7.93. The van der Waals surface area contributed by atoms with Crippen molar-refractivity contribution in [2.45, 2.75) is 25.2 Å². The lowest BCUT2D eigenvalue weighted by Gasteiger charge is -2.25. The zero-order chi connectivity index (χ0) is 32.8. The maximum Gasteiger partial charge on any atom is 0.0105 e. The molecule has 0 bridgehead atoms. The third-order valence-electron chi connectivity index (χ3n) is 11.7. The van der Waals surface area contributed by atoms with Crippen LogP contribution in [0.4, 0.5) is 0 Å². The van der Waals surface area contributed by atoms with Crippen LogP contribution in [0.5, 0.6) is 0 Å². The SMILES string of the molecule is c1ccc(-c2ccc(-c3cc(-c4ccc(-c5ccc6c7c5CCCC7c5ccccc5-6)cc4)c4ccc5cccc6ccc3c4c65)cc2)cc1. The van der Waals surface area contributed by atoms with E-state index in [1.165, 1.54) is 106 Å². The third-order valence-corrected chi connectivity index (χ3v) is 11.7. The van der Waals surface area contributed by atoms with E-state index in [4.69, 9.17) is 0 Å². The molecular weight excluding hydrogens is 601 g/mol. The maximum atomic E-state index is 2.44. The fourth-order valence-corrected chi connectivity index (χ4v) is 9.43. The van der Waals surface area contributed by atoms with E-state index in [2.05, 4.69) is 164 Å². The molecule has 0 heterocycles. The molecular formula is C50H34. The lowest BCUT2D eigenvalue weighted by Crippen LogP contribution is -2.09. The largest absolute Gasteiger partial charge is 0.0622 e. The van der Waals surface area contributed by atoms with E-state index in [0.29, 0.717) is 5.92 Å². The van der Waals surface area contributed by atoms with Gasteiger partial charge >= 0.3 is 0 Å². The van der Waals surface area contributed by atoms with Gasteiger partial charge in [0.15, 0.2) is 0 Å². The predicted molar refractivity (Wildman–Crippen MR) is 212 cm³/mol. The van der Waals surface area contributed by atoms with E-state index in [0.717, 1.165) is 6.42 Å². The monoisotopic (exact) mass is 634 g/mol. The summed E-state index contributed by atoms with van der Waals surface area (Å²) in [5.41, 5.74) is 17.9. The van der Waals surface area contributed by atoms with Crippen LogP contribution in [0, 0.1) is 0 Å². The van der Waals surface area contributed by atoms with Crippen molar-refractivity contribution in [3.63, 3.8) is 0 Å². The van der Waals surface area contributed by atoms with Crippen molar-refractivity contribution < 1.29 is 0 Å². The molecule has 234 valence electrons. The van der Waals surface area contributed by atoms with E-state index >= 15 is 0 Å². The molecule has 50 heavy (non-hydrogen) atoms. The summed E-state index contributed by atoms with van der Waals surface area (Å²) < 4.78 is 0. The minimum Gasteiger partial charge on any atom is -0.0622 e. The molecule has 0 heteroatoms. The Morgan fingerprint density at radius 3 is 1.66 bits per heavy atom. The van der Waals surface area contributed by atoms with Gasteiger partial charge in [0, 0.05) is 5.92 Å². The van der Waals surface area contributed by atoms with E-state index in [-0.39, 0.29) is 0 Å². The minimum atomic E-state index is 0.543. The Kier molecular flexibility index (Phi) is 6.01. The van der Waals surface area contributed by atoms with Crippen molar-refractivity contribution >= 4 is 32.3 Å². The molecule has 11 rings (SSSR count). The topological polar surface area (TPSA) is 0 Å². The number of hydrogen-bond acceptors (Lipinski definition) is 0. The first kappa shape index (κ1) is 27.9. The Hall–Kier alpha value is -5.98. The first-order valence-electron chi connectivity index (χ1n) is 18.0. The van der Waals surface area contributed by atoms with Gasteiger partial charge in [-0.25, -0.2) is 0 Å². The fourth-order valence-electron chi connectivity index (χ4n) is 9.43. The summed E-state index contributed by atoms with van der Waals surface area (Å²) in [5.74, 6) is 0.543. The molecule has 0 N–H and O–H groups in total. The quantitative estimate of drug-likeness (QED) is 0.169. The highest BCUT2D eigenvalue weighted by molar-refractivity contribution is 6.28. The normalized spacial score (nSPS) is 14.8. The van der Waals surface area contributed by atoms with Gasteiger partial charge in [0.25, 0.3) is 0 Å². The summed E-state index contributed by atoms with van der Waals surface area (Å²) in [6.45, 7) is 0. The molecule has 0 saturated heterocycles. The van der Waals surface area contributed by atoms with Crippen LogP contribution in [-0.4, -0.2) is 0 Å². The van der Waals surface area contributed by atoms with E-state index in [9.17, 15) is 0 Å². The van der Waals surface area contributed by atoms with E-state index < -0.39 is 0 Å². The molecule has 0 amide bonds. The first-order valence-corrected chi connectivity index (χ1v) is 18.0. The highest BCUT2D eigenvalue weighted by atomic mass is 14.4. The lowest BCUT2D eigenvalue weighted by atomic mass is 9.79. The highest BCUT2D eigenvalue weighted by Gasteiger charge is 2.34. The second kappa shape index (κ2) is 10.8. The number of hydrogen-bond donors (Lipinski definition) is 0. The zero-order valence-electron chi connectivity index (χ0n) is 27.8. The maximum absolute atomic E-state index is 2.44. The number of fused-ring (bicyclic) bond motifs is 3. The average Bonchev–Trinajstić information content (AvgIpc) is 3.52. The van der Waals surface area contributed by atoms with Crippen LogP contribution in [0.25, 0.3) is 88.0 Å². The second-order valence-corrected chi connectivity index (χ2v) is 14.3. The lowest BCUT2D eigenvalue weighted by molar-refractivity contribution is 0.628. The number of benzene rings is 9. The van der Waals surface area contributed by atoms with Crippen LogP contribution in [0.2, 0.25) is 0 Å². The molecule has 0 aliphatic heterocycles. The van der Waals surface area contributed by atoms with Crippen molar-refractivity contribution in [1.82, 2.24) is 0 Å². The van der Waals surface area contributed by atoms with Gasteiger partial charge in [-0.3, -0.25) is 0 Å². The molecule has 0 aromatic heterocycles. The van der Waals surface area contributed by atoms with Crippen LogP contribution in [0.3, 0.4) is 0 Å². The van der Waals surface area contributed by atoms with E-state index in [1.807, 2.05) is 0 Å². The molecule has 0 spiro atoms. The molecule has 0 saturated carbocycles. The minimum absolute atomic E-state index is 0.543. The van der Waals surface area contributed by atoms with Crippen molar-refractivity contribution in [3.05, 3.63) is 180 Å². The Balaban J connectivity index is 1.07. The van der Waals surface area contributed by atoms with Gasteiger partial charge in [0.1, 0.15) is 0 Å². The molecule has 0 fully saturated rings. The van der Waals surface area contributed by atoms with Gasteiger partial charge in [0.05, 0.1) is 0 Å². The molecule has 9 aromatic carbocycles. The fraction of sp³-hybridized carbons (Fsp3) is 0.0800. The van der Waals surface area contributed by atoms with Gasteiger partial charge < -0.3 is 0 Å². The van der Waals surface area contributed by atoms with Crippen molar-refractivity contribution in [3.8, 4) is 55.6 Å². The van der Waals surface area contributed by atoms with Crippen LogP contribution >= 0.6 is 0 Å². The van der Waals surface area contributed by atoms with Crippen LogP contribution in [0.1, 0.15) is 35.4 Å². The Bertz CT molecular complexity index is 2730. The average molecular weight is 635 g/mol. The van der Waals surface area contributed by atoms with Gasteiger partial charge in [0.2, 0.25) is 0 Å². The summed E-state index contributed by atoms with van der Waals surface area (Å²) in [7, 11) is 0. The highest BCUT2D eigenvalue weighted by Crippen LogP contribution is 2.53. The summed E-state index contributed by atoms with van der Waals surface area (Å²) >= 11 is 0. The van der Waals surface area contributed by atoms with E-state index in [1.54, 1.807) is 11.1 Å². The van der Waals surface area contributed by atoms with Crippen LogP contribution in [0.15, 0.2) is 164 Å². The molecule has 0 nitrogen and oxygen atoms in total. The third kappa shape index (κ3) is 4.06. The van der Waals surface area contributed by atoms with Crippen LogP contribution < -0.4 is 0 Å². The standard InChI is InChI=1S/C50H34/c1-2-8-31(9-3-1)32-16-18-34(19-17-32)46-30-47(45-27-25-37-11-6-10-36-24-26-44(46)50(45)48(36)37)35-22-20-33(21-23-35)38-28-29-43-40-13-5-4-12-39(40)42-15-7-14-41(38)49(42)43/h1-6,8-13,16-30,42H,7,14-15H2. The number of rotatable bonds is 4. The summed E-state index contributed by atoms with van der Waals surface area (Å²) in [4.78, 5) is 0. The van der Waals surface area contributed by atoms with Crippen molar-refractivity contribution in [2.75, 3.05) is 0 Å². The molecule has 9 aromatic rings. The molecule has 1 unspecified atom stereocenters. The molecule has 0 radical (unpaired) electrons. The Labute approximate surface area is 292 Å². The smallest absolute Gasteiger partial charge is 0.0105 e. The van der Waals surface area contributed by atoms with Gasteiger partial charge in [-0.05, 0) is 130 Å². The predicted octanol–water partition coefficient (Wildman–Crippen LogP) is 13.7. The Morgan fingerprint density at radius 2 is 0.960 bits per heavy atom. The summed E-state index contributed by atoms with van der Waals surface area (Å²) in [6, 6.07) is 61.5. The first-order chi connectivity index (χ1) is 24.8. The second-order valence-electron chi connectivity index (χ2n) is 14.3. The van der Waals surface area contributed by atoms with Crippen molar-refractivity contribution in [1.29, 1.82) is 0 Å². The van der Waals surface area contributed by atoms with Crippen molar-refractivity contribution in [2.24, 2.45) is 0 Å². The summed E-state index contributed by atoms with van der Waals surface area (Å²) in [6.07, 6.45) is 3.66. The Morgan fingerprint density at radius 1 is 0.380 bits per heavy atom. The van der Waals surface area contributed by atoms with Gasteiger partial charge in [-0.1, -0.05) is 158 Å².